The maximum Gasteiger partial charge on any atom is 0.0641 e. The third-order valence-electron chi connectivity index (χ3n) is 3.26. The lowest BCUT2D eigenvalue weighted by Gasteiger charge is -2.26. The highest BCUT2D eigenvalue weighted by Gasteiger charge is 2.12. The van der Waals surface area contributed by atoms with Gasteiger partial charge in [-0.25, -0.2) is 0 Å². The lowest BCUT2D eigenvalue weighted by molar-refractivity contribution is 0.141. The van der Waals surface area contributed by atoms with Gasteiger partial charge in [0.25, 0.3) is 0 Å². The van der Waals surface area contributed by atoms with Gasteiger partial charge in [0, 0.05) is 36.8 Å². The number of hydrogen-bond donors (Lipinski definition) is 1. The molecule has 0 aliphatic heterocycles. The van der Waals surface area contributed by atoms with Crippen molar-refractivity contribution in [3.8, 4) is 0 Å². The van der Waals surface area contributed by atoms with Crippen LogP contribution in [0.25, 0.3) is 0 Å². The van der Waals surface area contributed by atoms with Crippen molar-refractivity contribution < 1.29 is 9.47 Å². The minimum absolute atomic E-state index is 0.0376. The molecule has 120 valence electrons. The second kappa shape index (κ2) is 10.2. The first-order chi connectivity index (χ1) is 10.1. The first kappa shape index (κ1) is 18.4. The van der Waals surface area contributed by atoms with E-state index in [4.69, 9.17) is 15.2 Å². The van der Waals surface area contributed by atoms with Crippen LogP contribution in [0.3, 0.4) is 0 Å². The summed E-state index contributed by atoms with van der Waals surface area (Å²) >= 11 is 3.66. The fourth-order valence-electron chi connectivity index (χ4n) is 2.05. The van der Waals surface area contributed by atoms with Crippen LogP contribution in [0.4, 0.5) is 5.69 Å². The molecule has 5 heteroatoms. The van der Waals surface area contributed by atoms with Crippen molar-refractivity contribution in [2.45, 2.75) is 26.8 Å². The van der Waals surface area contributed by atoms with E-state index >= 15 is 0 Å². The second-order valence-electron chi connectivity index (χ2n) is 4.88. The summed E-state index contributed by atoms with van der Waals surface area (Å²) in [7, 11) is 0. The molecule has 1 atom stereocenters. The molecule has 0 saturated carbocycles. The summed E-state index contributed by atoms with van der Waals surface area (Å²) in [5.41, 5.74) is 8.21. The van der Waals surface area contributed by atoms with Crippen molar-refractivity contribution in [1.29, 1.82) is 0 Å². The van der Waals surface area contributed by atoms with Crippen LogP contribution in [-0.2, 0) is 9.47 Å². The van der Waals surface area contributed by atoms with E-state index in [-0.39, 0.29) is 6.04 Å². The van der Waals surface area contributed by atoms with Crippen LogP contribution in [0.15, 0.2) is 22.7 Å². The van der Waals surface area contributed by atoms with Crippen LogP contribution >= 0.6 is 15.9 Å². The largest absolute Gasteiger partial charge is 0.380 e. The molecule has 0 fully saturated rings. The highest BCUT2D eigenvalue weighted by molar-refractivity contribution is 9.10. The third-order valence-corrected chi connectivity index (χ3v) is 3.89. The van der Waals surface area contributed by atoms with Gasteiger partial charge < -0.3 is 20.1 Å². The topological polar surface area (TPSA) is 47.7 Å². The molecule has 0 spiro atoms. The SMILES string of the molecule is CCOCCN(CCOCC)c1ccc([C@@H](C)N)cc1Br. The molecule has 4 nitrogen and oxygen atoms in total. The van der Waals surface area contributed by atoms with Crippen molar-refractivity contribution in [1.82, 2.24) is 0 Å². The summed E-state index contributed by atoms with van der Waals surface area (Å²) in [6.07, 6.45) is 0. The predicted octanol–water partition coefficient (Wildman–Crippen LogP) is 3.35. The maximum absolute atomic E-state index is 5.93. The molecule has 1 rings (SSSR count). The zero-order valence-corrected chi connectivity index (χ0v) is 14.9. The van der Waals surface area contributed by atoms with Gasteiger partial charge in [-0.1, -0.05) is 6.07 Å². The summed E-state index contributed by atoms with van der Waals surface area (Å²) in [6.45, 7) is 10.6. The fourth-order valence-corrected chi connectivity index (χ4v) is 2.70. The molecular formula is C16H27BrN2O2. The standard InChI is InChI=1S/C16H27BrN2O2/c1-4-20-10-8-19(9-11-21-5-2)16-7-6-14(13(3)18)12-15(16)17/h6-7,12-13H,4-5,8-11,18H2,1-3H3/t13-/m1/s1. The number of hydrogen-bond acceptors (Lipinski definition) is 4. The fraction of sp³-hybridized carbons (Fsp3) is 0.625. The molecule has 0 radical (unpaired) electrons. The summed E-state index contributed by atoms with van der Waals surface area (Å²) in [6, 6.07) is 6.32. The van der Waals surface area contributed by atoms with E-state index in [0.29, 0.717) is 13.2 Å². The third kappa shape index (κ3) is 6.34. The van der Waals surface area contributed by atoms with Crippen molar-refractivity contribution >= 4 is 21.6 Å². The van der Waals surface area contributed by atoms with E-state index in [1.807, 2.05) is 20.8 Å². The first-order valence-electron chi connectivity index (χ1n) is 7.55. The number of anilines is 1. The van der Waals surface area contributed by atoms with Crippen molar-refractivity contribution in [3.63, 3.8) is 0 Å². The van der Waals surface area contributed by atoms with Gasteiger partial charge in [-0.2, -0.15) is 0 Å². The van der Waals surface area contributed by atoms with Gasteiger partial charge in [0.05, 0.1) is 18.9 Å². The van der Waals surface area contributed by atoms with E-state index in [9.17, 15) is 0 Å². The Bertz CT molecular complexity index is 403. The molecule has 1 aromatic carbocycles. The molecule has 0 unspecified atom stereocenters. The van der Waals surface area contributed by atoms with Crippen molar-refractivity contribution in [2.75, 3.05) is 44.4 Å². The summed E-state index contributed by atoms with van der Waals surface area (Å²) in [5.74, 6) is 0. The van der Waals surface area contributed by atoms with Gasteiger partial charge in [0.1, 0.15) is 0 Å². The Morgan fingerprint density at radius 2 is 1.71 bits per heavy atom. The Balaban J connectivity index is 2.79. The van der Waals surface area contributed by atoms with E-state index < -0.39 is 0 Å². The molecule has 0 aliphatic rings. The van der Waals surface area contributed by atoms with Gasteiger partial charge in [0.15, 0.2) is 0 Å². The van der Waals surface area contributed by atoms with Gasteiger partial charge in [-0.15, -0.1) is 0 Å². The minimum Gasteiger partial charge on any atom is -0.380 e. The molecule has 0 saturated heterocycles. The zero-order valence-electron chi connectivity index (χ0n) is 13.3. The highest BCUT2D eigenvalue weighted by Crippen LogP contribution is 2.29. The number of nitrogens with two attached hydrogens (primary N) is 1. The minimum atomic E-state index is 0.0376. The zero-order chi connectivity index (χ0) is 15.7. The number of benzene rings is 1. The molecule has 0 bridgehead atoms. The number of rotatable bonds is 10. The monoisotopic (exact) mass is 358 g/mol. The molecule has 2 N–H and O–H groups in total. The van der Waals surface area contributed by atoms with Crippen LogP contribution in [0.2, 0.25) is 0 Å². The molecule has 0 aromatic heterocycles. The average Bonchev–Trinajstić information content (AvgIpc) is 2.46. The molecule has 0 amide bonds. The predicted molar refractivity (Wildman–Crippen MR) is 91.9 cm³/mol. The Hall–Kier alpha value is -0.620. The number of halogens is 1. The quantitative estimate of drug-likeness (QED) is 0.651. The molecular weight excluding hydrogens is 332 g/mol. The number of ether oxygens (including phenoxy) is 2. The molecule has 1 aromatic rings. The summed E-state index contributed by atoms with van der Waals surface area (Å²) in [4.78, 5) is 2.28. The van der Waals surface area contributed by atoms with Gasteiger partial charge in [-0.05, 0) is 54.4 Å². The lowest BCUT2D eigenvalue weighted by Crippen LogP contribution is -2.31. The molecule has 0 aliphatic carbocycles. The average molecular weight is 359 g/mol. The van der Waals surface area contributed by atoms with E-state index in [0.717, 1.165) is 42.0 Å². The van der Waals surface area contributed by atoms with E-state index in [1.54, 1.807) is 0 Å². The van der Waals surface area contributed by atoms with Crippen molar-refractivity contribution in [2.24, 2.45) is 5.73 Å². The summed E-state index contributed by atoms with van der Waals surface area (Å²) < 4.78 is 12.0. The maximum atomic E-state index is 5.93. The second-order valence-corrected chi connectivity index (χ2v) is 5.73. The Labute approximate surface area is 136 Å². The van der Waals surface area contributed by atoms with Crippen molar-refractivity contribution in [3.05, 3.63) is 28.2 Å². The Morgan fingerprint density at radius 1 is 1.14 bits per heavy atom. The number of nitrogens with zero attached hydrogens (tertiary/aromatic N) is 1. The Kier molecular flexibility index (Phi) is 8.92. The Morgan fingerprint density at radius 3 is 2.14 bits per heavy atom. The summed E-state index contributed by atoms with van der Waals surface area (Å²) in [5, 5.41) is 0. The van der Waals surface area contributed by atoms with Crippen LogP contribution in [0.5, 0.6) is 0 Å². The normalized spacial score (nSPS) is 12.4. The molecule has 21 heavy (non-hydrogen) atoms. The lowest BCUT2D eigenvalue weighted by atomic mass is 10.1. The smallest absolute Gasteiger partial charge is 0.0641 e. The van der Waals surface area contributed by atoms with Gasteiger partial charge in [-0.3, -0.25) is 0 Å². The molecule has 0 heterocycles. The highest BCUT2D eigenvalue weighted by atomic mass is 79.9. The first-order valence-corrected chi connectivity index (χ1v) is 8.34. The van der Waals surface area contributed by atoms with Gasteiger partial charge >= 0.3 is 0 Å². The van der Waals surface area contributed by atoms with Crippen LogP contribution < -0.4 is 10.6 Å². The van der Waals surface area contributed by atoms with Crippen LogP contribution in [0, 0.1) is 0 Å². The van der Waals surface area contributed by atoms with Crippen LogP contribution in [-0.4, -0.2) is 39.5 Å². The van der Waals surface area contributed by atoms with E-state index in [1.165, 1.54) is 0 Å². The van der Waals surface area contributed by atoms with E-state index in [2.05, 4.69) is 39.0 Å². The van der Waals surface area contributed by atoms with Gasteiger partial charge in [0.2, 0.25) is 0 Å². The van der Waals surface area contributed by atoms with Crippen LogP contribution in [0.1, 0.15) is 32.4 Å².